The molecule has 0 aliphatic heterocycles. The fourth-order valence-corrected chi connectivity index (χ4v) is 5.36. The normalized spacial score (nSPS) is 11.7. The van der Waals surface area contributed by atoms with Crippen LogP contribution in [-0.2, 0) is 17.8 Å². The molecule has 0 radical (unpaired) electrons. The lowest BCUT2D eigenvalue weighted by Crippen LogP contribution is -2.46. The van der Waals surface area contributed by atoms with Crippen LogP contribution in [-0.4, -0.2) is 55.0 Å². The van der Waals surface area contributed by atoms with Crippen LogP contribution >= 0.6 is 11.3 Å². The minimum atomic E-state index is -0.120. The van der Waals surface area contributed by atoms with Crippen LogP contribution in [0, 0.1) is 0 Å². The van der Waals surface area contributed by atoms with E-state index in [-0.39, 0.29) is 24.4 Å². The van der Waals surface area contributed by atoms with E-state index in [0.717, 1.165) is 27.6 Å². The van der Waals surface area contributed by atoms with Gasteiger partial charge in [0.15, 0.2) is 11.5 Å². The minimum absolute atomic E-state index is 0.0222. The number of methoxy groups -OCH3 is 2. The van der Waals surface area contributed by atoms with Crippen molar-refractivity contribution in [1.82, 2.24) is 9.80 Å². The number of hydrogen-bond donors (Lipinski definition) is 0. The highest BCUT2D eigenvalue weighted by Gasteiger charge is 2.27. The van der Waals surface area contributed by atoms with Crippen LogP contribution in [0.2, 0.25) is 0 Å². The Morgan fingerprint density at radius 2 is 1.69 bits per heavy atom. The second-order valence-electron chi connectivity index (χ2n) is 9.55. The zero-order valence-corrected chi connectivity index (χ0v) is 23.9. The molecule has 3 aromatic carbocycles. The van der Waals surface area contributed by atoms with Gasteiger partial charge in [-0.15, -0.1) is 11.3 Å². The predicted octanol–water partition coefficient (Wildman–Crippen LogP) is 6.43. The summed E-state index contributed by atoms with van der Waals surface area (Å²) in [6.07, 6.45) is 1.40. The lowest BCUT2D eigenvalue weighted by Gasteiger charge is -2.31. The van der Waals surface area contributed by atoms with Crippen molar-refractivity contribution < 1.29 is 19.1 Å². The Hall–Kier alpha value is -3.84. The van der Waals surface area contributed by atoms with Crippen LogP contribution in [0.25, 0.3) is 10.8 Å². The molecule has 0 N–H and O–H groups in total. The van der Waals surface area contributed by atoms with Gasteiger partial charge in [0.25, 0.3) is 5.91 Å². The van der Waals surface area contributed by atoms with E-state index in [1.807, 2.05) is 96.9 Å². The zero-order valence-electron chi connectivity index (χ0n) is 23.1. The highest BCUT2D eigenvalue weighted by atomic mass is 32.1. The summed E-state index contributed by atoms with van der Waals surface area (Å²) in [7, 11) is 3.23. The second kappa shape index (κ2) is 13.3. The third-order valence-corrected chi connectivity index (χ3v) is 7.97. The molecule has 0 spiro atoms. The molecule has 0 fully saturated rings. The van der Waals surface area contributed by atoms with Gasteiger partial charge in [0.05, 0.1) is 20.8 Å². The number of benzene rings is 3. The number of amides is 2. The van der Waals surface area contributed by atoms with Gasteiger partial charge in [-0.3, -0.25) is 9.59 Å². The van der Waals surface area contributed by atoms with E-state index < -0.39 is 0 Å². The van der Waals surface area contributed by atoms with Crippen molar-refractivity contribution in [2.45, 2.75) is 39.3 Å². The smallest absolute Gasteiger partial charge is 0.255 e. The molecule has 7 heteroatoms. The van der Waals surface area contributed by atoms with E-state index in [1.54, 1.807) is 30.5 Å². The quantitative estimate of drug-likeness (QED) is 0.206. The summed E-state index contributed by atoms with van der Waals surface area (Å²) < 4.78 is 10.8. The Bertz CT molecular complexity index is 1400. The molecule has 204 valence electrons. The maximum absolute atomic E-state index is 13.9. The van der Waals surface area contributed by atoms with E-state index in [4.69, 9.17) is 9.47 Å². The zero-order chi connectivity index (χ0) is 27.8. The molecule has 39 heavy (non-hydrogen) atoms. The third kappa shape index (κ3) is 6.79. The number of nitrogens with zero attached hydrogens (tertiary/aromatic N) is 2. The lowest BCUT2D eigenvalue weighted by molar-refractivity contribution is -0.132. The number of ether oxygens (including phenoxy) is 2. The Morgan fingerprint density at radius 3 is 2.41 bits per heavy atom. The van der Waals surface area contributed by atoms with Crippen LogP contribution in [0.15, 0.2) is 78.2 Å². The SMILES string of the molecule is CCC(C)N(CC(=O)N(CCc1ccc(OC)c(OC)c1)Cc1cccs1)C(=O)c1cccc2ccccc12. The Morgan fingerprint density at radius 1 is 0.923 bits per heavy atom. The molecule has 0 aliphatic carbocycles. The molecule has 0 saturated carbocycles. The summed E-state index contributed by atoms with van der Waals surface area (Å²) >= 11 is 1.62. The van der Waals surface area contributed by atoms with Crippen molar-refractivity contribution in [3.63, 3.8) is 0 Å². The molecule has 0 bridgehead atoms. The van der Waals surface area contributed by atoms with Crippen molar-refractivity contribution in [3.8, 4) is 11.5 Å². The number of thiophene rings is 1. The number of carbonyl (C=O) groups excluding carboxylic acids is 2. The summed E-state index contributed by atoms with van der Waals surface area (Å²) in [4.78, 5) is 32.4. The first kappa shape index (κ1) is 28.2. The van der Waals surface area contributed by atoms with Crippen LogP contribution in [0.1, 0.15) is 41.1 Å². The van der Waals surface area contributed by atoms with E-state index in [2.05, 4.69) is 0 Å². The van der Waals surface area contributed by atoms with Gasteiger partial charge in [-0.1, -0.05) is 55.5 Å². The Kier molecular flexibility index (Phi) is 9.60. The molecular formula is C32H36N2O4S. The maximum Gasteiger partial charge on any atom is 0.255 e. The molecule has 1 aromatic heterocycles. The highest BCUT2D eigenvalue weighted by Crippen LogP contribution is 2.28. The molecule has 1 unspecified atom stereocenters. The molecule has 1 heterocycles. The van der Waals surface area contributed by atoms with Gasteiger partial charge in [-0.2, -0.15) is 0 Å². The van der Waals surface area contributed by atoms with E-state index in [9.17, 15) is 9.59 Å². The summed E-state index contributed by atoms with van der Waals surface area (Å²) in [6.45, 7) is 5.08. The molecule has 6 nitrogen and oxygen atoms in total. The standard InChI is InChI=1S/C32H36N2O4S/c1-5-23(2)34(32(36)28-14-8-11-25-10-6-7-13-27(25)28)22-31(35)33(21-26-12-9-19-39-26)18-17-24-15-16-29(37-3)30(20-24)38-4/h6-16,19-20,23H,5,17-18,21-22H2,1-4H3. The van der Waals surface area contributed by atoms with Crippen molar-refractivity contribution in [3.05, 3.63) is 94.2 Å². The van der Waals surface area contributed by atoms with Crippen molar-refractivity contribution >= 4 is 33.9 Å². The molecule has 4 aromatic rings. The van der Waals surface area contributed by atoms with E-state index in [0.29, 0.717) is 36.6 Å². The van der Waals surface area contributed by atoms with Crippen molar-refractivity contribution in [2.24, 2.45) is 0 Å². The van der Waals surface area contributed by atoms with Gasteiger partial charge in [0, 0.05) is 23.0 Å². The maximum atomic E-state index is 13.9. The average Bonchev–Trinajstić information content (AvgIpc) is 3.50. The minimum Gasteiger partial charge on any atom is -0.493 e. The number of fused-ring (bicyclic) bond motifs is 1. The fourth-order valence-electron chi connectivity index (χ4n) is 4.64. The summed E-state index contributed by atoms with van der Waals surface area (Å²) in [6, 6.07) is 23.4. The molecule has 0 aliphatic rings. The van der Waals surface area contributed by atoms with Crippen LogP contribution in [0.4, 0.5) is 0 Å². The molecular weight excluding hydrogens is 508 g/mol. The van der Waals surface area contributed by atoms with Gasteiger partial charge in [-0.25, -0.2) is 0 Å². The highest BCUT2D eigenvalue weighted by molar-refractivity contribution is 7.09. The van der Waals surface area contributed by atoms with Gasteiger partial charge in [0.1, 0.15) is 6.54 Å². The number of rotatable bonds is 12. The lowest BCUT2D eigenvalue weighted by atomic mass is 10.0. The molecule has 1 atom stereocenters. The first-order valence-corrected chi connectivity index (χ1v) is 14.1. The van der Waals surface area contributed by atoms with Crippen LogP contribution in [0.3, 0.4) is 0 Å². The molecule has 2 amide bonds. The van der Waals surface area contributed by atoms with Crippen molar-refractivity contribution in [1.29, 1.82) is 0 Å². The first-order valence-electron chi connectivity index (χ1n) is 13.2. The summed E-state index contributed by atoms with van der Waals surface area (Å²) in [5.41, 5.74) is 1.67. The number of carbonyl (C=O) groups is 2. The van der Waals surface area contributed by atoms with Crippen LogP contribution in [0.5, 0.6) is 11.5 Å². The number of hydrogen-bond acceptors (Lipinski definition) is 5. The Balaban J connectivity index is 1.57. The molecule has 0 saturated heterocycles. The average molecular weight is 545 g/mol. The second-order valence-corrected chi connectivity index (χ2v) is 10.6. The first-order chi connectivity index (χ1) is 18.9. The summed E-state index contributed by atoms with van der Waals surface area (Å²) in [5, 5.41) is 3.92. The van der Waals surface area contributed by atoms with E-state index >= 15 is 0 Å². The van der Waals surface area contributed by atoms with Crippen LogP contribution < -0.4 is 9.47 Å². The largest absolute Gasteiger partial charge is 0.493 e. The van der Waals surface area contributed by atoms with Gasteiger partial charge < -0.3 is 19.3 Å². The third-order valence-electron chi connectivity index (χ3n) is 7.11. The van der Waals surface area contributed by atoms with Gasteiger partial charge in [0.2, 0.25) is 5.91 Å². The van der Waals surface area contributed by atoms with Crippen molar-refractivity contribution in [2.75, 3.05) is 27.3 Å². The monoisotopic (exact) mass is 544 g/mol. The predicted molar refractivity (Wildman–Crippen MR) is 158 cm³/mol. The fraction of sp³-hybridized carbons (Fsp3) is 0.312. The van der Waals surface area contributed by atoms with E-state index in [1.165, 1.54) is 0 Å². The topological polar surface area (TPSA) is 59.1 Å². The summed E-state index contributed by atoms with van der Waals surface area (Å²) in [5.74, 6) is 1.14. The van der Waals surface area contributed by atoms with Gasteiger partial charge >= 0.3 is 0 Å². The van der Waals surface area contributed by atoms with Gasteiger partial charge in [-0.05, 0) is 65.7 Å². The molecule has 4 rings (SSSR count). The Labute approximate surface area is 234 Å².